The van der Waals surface area contributed by atoms with Gasteiger partial charge in [0.2, 0.25) is 5.88 Å². The summed E-state index contributed by atoms with van der Waals surface area (Å²) < 4.78 is 2.23. The number of aromatic nitrogens is 4. The maximum absolute atomic E-state index is 13.7. The van der Waals surface area contributed by atoms with Gasteiger partial charge in [-0.25, -0.2) is 4.98 Å². The molecule has 0 aliphatic carbocycles. The largest absolute Gasteiger partial charge is 0.494 e. The predicted molar refractivity (Wildman–Crippen MR) is 137 cm³/mol. The minimum absolute atomic E-state index is 0.0362. The molecule has 3 aromatic heterocycles. The molecule has 0 atom stereocenters. The zero-order valence-corrected chi connectivity index (χ0v) is 20.2. The number of hydrogen-bond acceptors (Lipinski definition) is 9. The van der Waals surface area contributed by atoms with E-state index < -0.39 is 27.8 Å². The van der Waals surface area contributed by atoms with Gasteiger partial charge in [-0.15, -0.1) is 0 Å². The molecule has 0 radical (unpaired) electrons. The van der Waals surface area contributed by atoms with Crippen LogP contribution >= 0.6 is 0 Å². The van der Waals surface area contributed by atoms with Gasteiger partial charge in [0.15, 0.2) is 0 Å². The van der Waals surface area contributed by atoms with Crippen LogP contribution < -0.4 is 27.8 Å². The Labute approximate surface area is 201 Å². The van der Waals surface area contributed by atoms with Crippen molar-refractivity contribution in [1.29, 1.82) is 0 Å². The highest BCUT2D eigenvalue weighted by Crippen LogP contribution is 2.38. The molecule has 5 aromatic rings. The van der Waals surface area contributed by atoms with E-state index >= 15 is 0 Å². The van der Waals surface area contributed by atoms with Gasteiger partial charge >= 0.3 is 11.1 Å². The van der Waals surface area contributed by atoms with Crippen molar-refractivity contribution >= 4 is 43.4 Å². The van der Waals surface area contributed by atoms with Crippen molar-refractivity contribution in [2.24, 2.45) is 0 Å². The van der Waals surface area contributed by atoms with Crippen LogP contribution in [0.2, 0.25) is 0 Å². The Balaban J connectivity index is 2.10. The Hall–Kier alpha value is -4.16. The van der Waals surface area contributed by atoms with Crippen molar-refractivity contribution < 1.29 is 5.11 Å². The van der Waals surface area contributed by atoms with Crippen LogP contribution in [0, 0.1) is 0 Å². The van der Waals surface area contributed by atoms with Crippen molar-refractivity contribution in [1.82, 2.24) is 28.9 Å². The van der Waals surface area contributed by atoms with Crippen molar-refractivity contribution in [3.63, 3.8) is 0 Å². The smallest absolute Gasteiger partial charge is 0.335 e. The lowest BCUT2D eigenvalue weighted by atomic mass is 9.94. The van der Waals surface area contributed by atoms with Gasteiger partial charge in [0.1, 0.15) is 5.52 Å². The topological polar surface area (TPSA) is 151 Å². The molecule has 186 valence electrons. The van der Waals surface area contributed by atoms with E-state index in [1.165, 1.54) is 12.1 Å². The van der Waals surface area contributed by atoms with Gasteiger partial charge in [-0.1, -0.05) is 0 Å². The van der Waals surface area contributed by atoms with E-state index in [1.807, 2.05) is 23.9 Å². The monoisotopic (exact) mass is 492 g/mol. The molecule has 0 bridgehead atoms. The van der Waals surface area contributed by atoms with Gasteiger partial charge in [-0.2, -0.15) is 0 Å². The van der Waals surface area contributed by atoms with Crippen LogP contribution in [-0.4, -0.2) is 75.3 Å². The number of nitrogens with zero attached hydrogens (tertiary/aromatic N) is 5. The highest BCUT2D eigenvalue weighted by molar-refractivity contribution is 6.32. The normalized spacial score (nSPS) is 12.4. The zero-order valence-electron chi connectivity index (χ0n) is 20.2. The van der Waals surface area contributed by atoms with E-state index in [0.29, 0.717) is 13.1 Å². The molecule has 0 spiro atoms. The fourth-order valence-electron chi connectivity index (χ4n) is 4.71. The summed E-state index contributed by atoms with van der Waals surface area (Å²) in [6.07, 6.45) is 0. The Bertz CT molecular complexity index is 1970. The number of hydrogen-bond donors (Lipinski definition) is 2. The highest BCUT2D eigenvalue weighted by atomic mass is 16.3. The van der Waals surface area contributed by atoms with Gasteiger partial charge in [-0.05, 0) is 40.3 Å². The van der Waals surface area contributed by atoms with Gasteiger partial charge in [0.25, 0.3) is 16.7 Å². The number of H-pyrrole nitrogens is 1. The van der Waals surface area contributed by atoms with Crippen LogP contribution in [0.3, 0.4) is 0 Å². The zero-order chi connectivity index (χ0) is 26.0. The number of nitrogens with one attached hydrogen (secondary N) is 1. The number of pyridine rings is 2. The van der Waals surface area contributed by atoms with E-state index in [-0.39, 0.29) is 62.3 Å². The van der Waals surface area contributed by atoms with E-state index in [4.69, 9.17) is 0 Å². The maximum atomic E-state index is 13.7. The molecule has 5 rings (SSSR count). The molecule has 2 aromatic carbocycles. The molecule has 0 aliphatic rings. The van der Waals surface area contributed by atoms with Gasteiger partial charge in [0.05, 0.1) is 16.3 Å². The maximum Gasteiger partial charge on any atom is 0.335 e. The number of aromatic hydroxyl groups is 1. The molecular formula is C24H24N6O6. The first-order valence-corrected chi connectivity index (χ1v) is 11.3. The molecular weight excluding hydrogens is 468 g/mol. The summed E-state index contributed by atoms with van der Waals surface area (Å²) >= 11 is 0. The molecule has 3 heterocycles. The quantitative estimate of drug-likeness (QED) is 0.175. The summed E-state index contributed by atoms with van der Waals surface area (Å²) in [6, 6.07) is 3.01. The Morgan fingerprint density at radius 3 is 1.97 bits per heavy atom. The third kappa shape index (κ3) is 3.29. The first kappa shape index (κ1) is 23.6. The number of rotatable bonds is 6. The lowest BCUT2D eigenvalue weighted by Crippen LogP contribution is -2.37. The van der Waals surface area contributed by atoms with Crippen LogP contribution in [-0.2, 0) is 13.1 Å². The first-order chi connectivity index (χ1) is 17.0. The molecule has 0 fully saturated rings. The minimum atomic E-state index is -1.11. The molecule has 12 heteroatoms. The fraction of sp³-hybridized carbons (Fsp3) is 0.333. The molecule has 0 saturated carbocycles. The highest BCUT2D eigenvalue weighted by Gasteiger charge is 2.26. The Morgan fingerprint density at radius 2 is 1.33 bits per heavy atom. The standard InChI is InChI=1S/C24H24N6O6/c1-27(2)7-9-29-21(33)11-5-6-12-14-13(11)15(23(29)35)17-18(26-20(32)19(31)25-17)16(14)24(36)30(22(12)34)10-8-28(3)4/h5-6,33H,7-10H2,1-4H3,(H,26,32). The molecule has 0 saturated heterocycles. The van der Waals surface area contributed by atoms with Gasteiger partial charge in [0, 0.05) is 47.7 Å². The number of benzene rings is 2. The molecule has 0 amide bonds. The number of fused-ring (bicyclic) bond motifs is 3. The SMILES string of the molecule is CN(C)CCn1c(O)c2ccc3c(=O)n(CCN(C)C)c(=O)c4c5[nH]c(=O)c(=O)nc5c(c1=O)c2c34. The minimum Gasteiger partial charge on any atom is -0.494 e. The summed E-state index contributed by atoms with van der Waals surface area (Å²) in [5, 5.41) is 11.7. The van der Waals surface area contributed by atoms with Crippen LogP contribution in [0.5, 0.6) is 5.88 Å². The second kappa shape index (κ2) is 8.21. The van der Waals surface area contributed by atoms with Crippen molar-refractivity contribution in [3.05, 3.63) is 63.9 Å². The number of likely N-dealkylation sites (N-methyl/N-ethyl adjacent to an activating group) is 2. The second-order valence-corrected chi connectivity index (χ2v) is 9.40. The van der Waals surface area contributed by atoms with Crippen molar-refractivity contribution in [2.75, 3.05) is 41.3 Å². The van der Waals surface area contributed by atoms with Crippen LogP contribution in [0.25, 0.3) is 43.4 Å². The molecule has 36 heavy (non-hydrogen) atoms. The summed E-state index contributed by atoms with van der Waals surface area (Å²) in [6.45, 7) is 1.05. The lowest BCUT2D eigenvalue weighted by Gasteiger charge is -2.19. The lowest BCUT2D eigenvalue weighted by molar-refractivity contribution is 0.353. The first-order valence-electron chi connectivity index (χ1n) is 11.3. The van der Waals surface area contributed by atoms with Gasteiger partial charge in [-0.3, -0.25) is 33.1 Å². The van der Waals surface area contributed by atoms with Crippen molar-refractivity contribution in [3.8, 4) is 5.88 Å². The van der Waals surface area contributed by atoms with E-state index in [0.717, 1.165) is 9.13 Å². The summed E-state index contributed by atoms with van der Waals surface area (Å²) in [5.41, 5.74) is -4.28. The van der Waals surface area contributed by atoms with Crippen LogP contribution in [0.1, 0.15) is 0 Å². The fourth-order valence-corrected chi connectivity index (χ4v) is 4.71. The third-order valence-electron chi connectivity index (χ3n) is 6.51. The average molecular weight is 492 g/mol. The van der Waals surface area contributed by atoms with E-state index in [2.05, 4.69) is 9.97 Å². The van der Waals surface area contributed by atoms with E-state index in [9.17, 15) is 29.1 Å². The van der Waals surface area contributed by atoms with Crippen LogP contribution in [0.4, 0.5) is 0 Å². The third-order valence-corrected chi connectivity index (χ3v) is 6.51. The summed E-state index contributed by atoms with van der Waals surface area (Å²) in [7, 11) is 7.23. The molecule has 2 N–H and O–H groups in total. The van der Waals surface area contributed by atoms with E-state index in [1.54, 1.807) is 14.1 Å². The van der Waals surface area contributed by atoms with Crippen LogP contribution in [0.15, 0.2) is 36.1 Å². The second-order valence-electron chi connectivity index (χ2n) is 9.40. The summed E-state index contributed by atoms with van der Waals surface area (Å²) in [4.78, 5) is 75.2. The average Bonchev–Trinajstić information content (AvgIpc) is 2.81. The Morgan fingerprint density at radius 1 is 0.778 bits per heavy atom. The number of aromatic amines is 1. The Kier molecular flexibility index (Phi) is 5.38. The molecule has 0 aliphatic heterocycles. The summed E-state index contributed by atoms with van der Waals surface area (Å²) in [5.74, 6) is -0.326. The van der Waals surface area contributed by atoms with Gasteiger partial charge < -0.3 is 19.9 Å². The predicted octanol–water partition coefficient (Wildman–Crippen LogP) is -0.869. The van der Waals surface area contributed by atoms with Crippen molar-refractivity contribution in [2.45, 2.75) is 13.1 Å². The molecule has 12 nitrogen and oxygen atoms in total. The molecule has 0 unspecified atom stereocenters.